The van der Waals surface area contributed by atoms with E-state index in [0.29, 0.717) is 38.2 Å². The number of rotatable bonds is 2. The van der Waals surface area contributed by atoms with Gasteiger partial charge in [-0.25, -0.2) is 4.39 Å². The van der Waals surface area contributed by atoms with Crippen molar-refractivity contribution in [3.05, 3.63) is 71.7 Å². The number of aryl methyl sites for hydroxylation is 2. The fourth-order valence-corrected chi connectivity index (χ4v) is 5.62. The van der Waals surface area contributed by atoms with Gasteiger partial charge in [0.05, 0.1) is 17.2 Å². The van der Waals surface area contributed by atoms with Gasteiger partial charge in [-0.3, -0.25) is 14.3 Å². The predicted molar refractivity (Wildman–Crippen MR) is 143 cm³/mol. The van der Waals surface area contributed by atoms with Crippen LogP contribution >= 0.6 is 0 Å². The number of benzene rings is 2. The molecule has 1 atom stereocenters. The number of carbonyl (C=O) groups is 2. The van der Waals surface area contributed by atoms with Crippen LogP contribution in [-0.4, -0.2) is 52.2 Å². The third-order valence-corrected chi connectivity index (χ3v) is 7.92. The number of carbonyl (C=O) groups excluding carboxylic acids is 2. The summed E-state index contributed by atoms with van der Waals surface area (Å²) in [6.07, 6.45) is 4.87. The lowest BCUT2D eigenvalue weighted by Crippen LogP contribution is -2.52. The third-order valence-electron chi connectivity index (χ3n) is 7.92. The summed E-state index contributed by atoms with van der Waals surface area (Å²) in [5, 5.41) is 7.63. The summed E-state index contributed by atoms with van der Waals surface area (Å²) >= 11 is 0. The monoisotopic (exact) mass is 518 g/mol. The van der Waals surface area contributed by atoms with Crippen LogP contribution < -0.4 is 10.1 Å². The molecule has 0 bridgehead atoms. The van der Waals surface area contributed by atoms with E-state index >= 15 is 0 Å². The van der Waals surface area contributed by atoms with Crippen molar-refractivity contribution in [3.63, 3.8) is 0 Å². The van der Waals surface area contributed by atoms with Gasteiger partial charge in [-0.05, 0) is 86.6 Å². The molecule has 2 amide bonds. The average Bonchev–Trinajstić information content (AvgIpc) is 3.31. The first-order valence-corrected chi connectivity index (χ1v) is 13.5. The van der Waals surface area contributed by atoms with E-state index in [9.17, 15) is 14.0 Å². The van der Waals surface area contributed by atoms with E-state index in [1.54, 1.807) is 34.8 Å². The Hall–Kier alpha value is -3.68. The Morgan fingerprint density at radius 1 is 1.08 bits per heavy atom. The van der Waals surface area contributed by atoms with Crippen LogP contribution in [0.5, 0.6) is 5.75 Å². The maximum absolute atomic E-state index is 13.5. The van der Waals surface area contributed by atoms with Gasteiger partial charge in [0.1, 0.15) is 18.2 Å². The highest BCUT2D eigenvalue weighted by atomic mass is 19.1. The molecule has 5 rings (SSSR count). The van der Waals surface area contributed by atoms with Crippen LogP contribution in [0.25, 0.3) is 11.3 Å². The number of halogens is 1. The molecular formula is C30H35FN4O3. The van der Waals surface area contributed by atoms with Crippen molar-refractivity contribution >= 4 is 11.8 Å². The fraction of sp³-hybridized carbons (Fsp3) is 0.433. The van der Waals surface area contributed by atoms with E-state index in [1.165, 1.54) is 17.7 Å². The molecule has 0 unspecified atom stereocenters. The summed E-state index contributed by atoms with van der Waals surface area (Å²) in [4.78, 5) is 28.7. The molecule has 2 aromatic carbocycles. The minimum atomic E-state index is -0.493. The number of hydrogen-bond donors (Lipinski definition) is 1. The van der Waals surface area contributed by atoms with E-state index in [2.05, 4.69) is 16.5 Å². The summed E-state index contributed by atoms with van der Waals surface area (Å²) in [6.45, 7) is 3.39. The first-order chi connectivity index (χ1) is 18.3. The summed E-state index contributed by atoms with van der Waals surface area (Å²) < 4.78 is 21.0. The third kappa shape index (κ3) is 5.44. The summed E-state index contributed by atoms with van der Waals surface area (Å²) in [5.41, 5.74) is 2.61. The van der Waals surface area contributed by atoms with Gasteiger partial charge < -0.3 is 15.0 Å². The molecule has 1 fully saturated rings. The summed E-state index contributed by atoms with van der Waals surface area (Å²) in [5.74, 6) is 0.506. The molecule has 1 spiro atoms. The fourth-order valence-electron chi connectivity index (χ4n) is 5.62. The molecule has 3 aromatic rings. The number of amides is 2. The Kier molecular flexibility index (Phi) is 7.49. The van der Waals surface area contributed by atoms with E-state index in [0.717, 1.165) is 42.7 Å². The lowest BCUT2D eigenvalue weighted by molar-refractivity contribution is -0.135. The number of likely N-dealkylation sites (tertiary alicyclic amines) is 1. The summed E-state index contributed by atoms with van der Waals surface area (Å²) in [7, 11) is 1.78. The van der Waals surface area contributed by atoms with Crippen molar-refractivity contribution in [3.8, 4) is 17.0 Å². The van der Waals surface area contributed by atoms with E-state index in [-0.39, 0.29) is 23.7 Å². The first-order valence-electron chi connectivity index (χ1n) is 13.5. The molecule has 8 heteroatoms. The Bertz CT molecular complexity index is 1300. The molecule has 2 aliphatic heterocycles. The second-order valence-corrected chi connectivity index (χ2v) is 10.6. The molecule has 2 aliphatic rings. The molecule has 7 nitrogen and oxygen atoms in total. The van der Waals surface area contributed by atoms with Crippen molar-refractivity contribution in [2.75, 3.05) is 19.7 Å². The molecule has 200 valence electrons. The van der Waals surface area contributed by atoms with Crippen LogP contribution in [0, 0.1) is 11.2 Å². The Morgan fingerprint density at radius 3 is 2.58 bits per heavy atom. The van der Waals surface area contributed by atoms with Crippen molar-refractivity contribution in [1.82, 2.24) is 20.0 Å². The summed E-state index contributed by atoms with van der Waals surface area (Å²) in [6, 6.07) is 15.9. The van der Waals surface area contributed by atoms with Crippen LogP contribution in [-0.2, 0) is 18.3 Å². The topological polar surface area (TPSA) is 76.5 Å². The molecule has 0 aliphatic carbocycles. The second-order valence-electron chi connectivity index (χ2n) is 10.6. The van der Waals surface area contributed by atoms with Crippen LogP contribution in [0.1, 0.15) is 55.1 Å². The number of ether oxygens (including phenoxy) is 1. The van der Waals surface area contributed by atoms with Gasteiger partial charge in [0, 0.05) is 20.1 Å². The Morgan fingerprint density at radius 2 is 1.82 bits per heavy atom. The highest BCUT2D eigenvalue weighted by Gasteiger charge is 2.42. The quantitative estimate of drug-likeness (QED) is 0.531. The highest BCUT2D eigenvalue weighted by molar-refractivity contribution is 5.94. The normalized spacial score (nSPS) is 20.0. The molecule has 1 N–H and O–H groups in total. The minimum absolute atomic E-state index is 0.0611. The number of nitrogens with zero attached hydrogens (tertiary/aromatic N) is 3. The smallest absolute Gasteiger partial charge is 0.274 e. The number of hydrogen-bond acceptors (Lipinski definition) is 4. The number of fused-ring (bicyclic) bond motifs is 1. The second kappa shape index (κ2) is 11.0. The molecule has 3 heterocycles. The van der Waals surface area contributed by atoms with Gasteiger partial charge in [0.2, 0.25) is 5.91 Å². The maximum atomic E-state index is 13.5. The van der Waals surface area contributed by atoms with Crippen LogP contribution in [0.4, 0.5) is 4.39 Å². The van der Waals surface area contributed by atoms with Crippen LogP contribution in [0.3, 0.4) is 0 Å². The number of nitrogens with one attached hydrogen (secondary N) is 1. The SMILES string of the molecule is C[C@@H]1COc2ccccc2CCCCC2(CCN(C(=O)c3cc(-c4ccc(F)cc4)n(C)n3)CC2)C(=O)N1. The van der Waals surface area contributed by atoms with Crippen LogP contribution in [0.15, 0.2) is 54.6 Å². The van der Waals surface area contributed by atoms with E-state index in [4.69, 9.17) is 4.74 Å². The number of aromatic nitrogens is 2. The van der Waals surface area contributed by atoms with Crippen molar-refractivity contribution in [2.45, 2.75) is 51.5 Å². The largest absolute Gasteiger partial charge is 0.491 e. The highest BCUT2D eigenvalue weighted by Crippen LogP contribution is 2.38. The standard InChI is InChI=1S/C30H35FN4O3/c1-21-20-38-27-9-4-3-7-23(27)8-5-6-14-30(29(37)32-21)15-17-35(18-16-30)28(36)25-19-26(34(2)33-25)22-10-12-24(31)13-11-22/h3-4,7,9-13,19,21H,5-6,8,14-18,20H2,1-2H3,(H,32,37)/t21-/m1/s1. The molecule has 38 heavy (non-hydrogen) atoms. The molecule has 1 aromatic heterocycles. The zero-order valence-electron chi connectivity index (χ0n) is 22.1. The van der Waals surface area contributed by atoms with Crippen molar-refractivity contribution in [1.29, 1.82) is 0 Å². The minimum Gasteiger partial charge on any atom is -0.491 e. The van der Waals surface area contributed by atoms with Crippen molar-refractivity contribution in [2.24, 2.45) is 12.5 Å². The van der Waals surface area contributed by atoms with E-state index in [1.807, 2.05) is 25.1 Å². The zero-order valence-corrected chi connectivity index (χ0v) is 22.1. The lowest BCUT2D eigenvalue weighted by Gasteiger charge is -2.41. The predicted octanol–water partition coefficient (Wildman–Crippen LogP) is 4.76. The molecule has 0 saturated carbocycles. The molecular weight excluding hydrogens is 483 g/mol. The Labute approximate surface area is 223 Å². The number of para-hydroxylation sites is 1. The maximum Gasteiger partial charge on any atom is 0.274 e. The lowest BCUT2D eigenvalue weighted by atomic mass is 9.73. The molecule has 0 radical (unpaired) electrons. The van der Waals surface area contributed by atoms with Crippen molar-refractivity contribution < 1.29 is 18.7 Å². The van der Waals surface area contributed by atoms with Gasteiger partial charge in [0.15, 0.2) is 5.69 Å². The Balaban J connectivity index is 1.27. The average molecular weight is 519 g/mol. The van der Waals surface area contributed by atoms with E-state index < -0.39 is 5.41 Å². The molecule has 1 saturated heterocycles. The number of piperidine rings is 1. The van der Waals surface area contributed by atoms with Crippen LogP contribution in [0.2, 0.25) is 0 Å². The van der Waals surface area contributed by atoms with Gasteiger partial charge in [0.25, 0.3) is 5.91 Å². The van der Waals surface area contributed by atoms with Gasteiger partial charge in [-0.2, -0.15) is 5.10 Å². The zero-order chi connectivity index (χ0) is 26.7. The first kappa shape index (κ1) is 25.9. The van der Waals surface area contributed by atoms with Gasteiger partial charge in [-0.15, -0.1) is 0 Å². The van der Waals surface area contributed by atoms with Gasteiger partial charge in [-0.1, -0.05) is 24.6 Å². The van der Waals surface area contributed by atoms with Gasteiger partial charge >= 0.3 is 0 Å².